The lowest BCUT2D eigenvalue weighted by Gasteiger charge is -2.08. The molecule has 106 valence electrons. The number of hydrogen-bond donors (Lipinski definition) is 2. The summed E-state index contributed by atoms with van der Waals surface area (Å²) in [5.41, 5.74) is 6.06. The van der Waals surface area contributed by atoms with Gasteiger partial charge in [0, 0.05) is 16.2 Å². The highest BCUT2D eigenvalue weighted by Crippen LogP contribution is 2.15. The molecule has 1 aromatic rings. The van der Waals surface area contributed by atoms with Gasteiger partial charge in [-0.3, -0.25) is 4.79 Å². The lowest BCUT2D eigenvalue weighted by Crippen LogP contribution is -2.27. The summed E-state index contributed by atoms with van der Waals surface area (Å²) < 4.78 is 24.2. The molecular weight excluding hydrogens is 332 g/mol. The first-order valence-electron chi connectivity index (χ1n) is 5.80. The van der Waals surface area contributed by atoms with E-state index in [1.165, 1.54) is 0 Å². The van der Waals surface area contributed by atoms with Crippen LogP contribution in [0, 0.1) is 0 Å². The molecule has 0 radical (unpaired) electrons. The molecule has 19 heavy (non-hydrogen) atoms. The molecule has 0 saturated heterocycles. The Balaban J connectivity index is 2.55. The molecule has 1 atom stereocenters. The number of benzene rings is 1. The smallest absolute Gasteiger partial charge is 0.239 e. The number of hydrogen-bond acceptors (Lipinski definition) is 4. The van der Waals surface area contributed by atoms with Gasteiger partial charge in [-0.05, 0) is 31.5 Å². The Bertz CT molecular complexity index is 544. The molecule has 0 spiro atoms. The normalized spacial score (nSPS) is 13.0. The van der Waals surface area contributed by atoms with Crippen molar-refractivity contribution in [3.63, 3.8) is 0 Å². The second-order valence-electron chi connectivity index (χ2n) is 4.42. The van der Waals surface area contributed by atoms with Gasteiger partial charge in [0.2, 0.25) is 5.91 Å². The number of anilines is 1. The van der Waals surface area contributed by atoms with Crippen molar-refractivity contribution < 1.29 is 13.2 Å². The summed E-state index contributed by atoms with van der Waals surface area (Å²) >= 11 is 3.27. The lowest BCUT2D eigenvalue weighted by molar-refractivity contribution is -0.113. The molecule has 1 amide bonds. The van der Waals surface area contributed by atoms with E-state index in [4.69, 9.17) is 5.73 Å². The van der Waals surface area contributed by atoms with Gasteiger partial charge in [0.05, 0.1) is 5.75 Å². The fourth-order valence-corrected chi connectivity index (χ4v) is 3.15. The van der Waals surface area contributed by atoms with Crippen LogP contribution in [0.25, 0.3) is 0 Å². The molecule has 7 heteroatoms. The van der Waals surface area contributed by atoms with Gasteiger partial charge in [0.1, 0.15) is 5.75 Å². The van der Waals surface area contributed by atoms with Gasteiger partial charge in [-0.15, -0.1) is 0 Å². The van der Waals surface area contributed by atoms with E-state index in [0.717, 1.165) is 4.47 Å². The van der Waals surface area contributed by atoms with Crippen molar-refractivity contribution in [3.05, 3.63) is 28.7 Å². The van der Waals surface area contributed by atoms with E-state index in [1.807, 2.05) is 6.07 Å². The van der Waals surface area contributed by atoms with Crippen LogP contribution < -0.4 is 11.1 Å². The van der Waals surface area contributed by atoms with E-state index in [-0.39, 0.29) is 11.8 Å². The zero-order valence-corrected chi connectivity index (χ0v) is 13.0. The van der Waals surface area contributed by atoms with Crippen molar-refractivity contribution in [2.75, 3.05) is 16.8 Å². The predicted molar refractivity (Wildman–Crippen MR) is 79.7 cm³/mol. The number of halogens is 1. The van der Waals surface area contributed by atoms with Gasteiger partial charge in [0.25, 0.3) is 0 Å². The van der Waals surface area contributed by atoms with Crippen molar-refractivity contribution in [3.8, 4) is 0 Å². The molecule has 1 rings (SSSR count). The van der Waals surface area contributed by atoms with Crippen molar-refractivity contribution in [2.45, 2.75) is 19.4 Å². The van der Waals surface area contributed by atoms with Gasteiger partial charge in [0.15, 0.2) is 9.84 Å². The first-order chi connectivity index (χ1) is 8.78. The Morgan fingerprint density at radius 3 is 2.74 bits per heavy atom. The largest absolute Gasteiger partial charge is 0.328 e. The summed E-state index contributed by atoms with van der Waals surface area (Å²) in [6, 6.07) is 6.77. The average molecular weight is 349 g/mol. The third kappa shape index (κ3) is 6.70. The lowest BCUT2D eigenvalue weighted by atomic mass is 10.3. The fourth-order valence-electron chi connectivity index (χ4n) is 1.40. The fraction of sp³-hybridized carbons (Fsp3) is 0.417. The molecule has 0 bridgehead atoms. The quantitative estimate of drug-likeness (QED) is 0.815. The van der Waals surface area contributed by atoms with Crippen molar-refractivity contribution in [2.24, 2.45) is 5.73 Å². The minimum atomic E-state index is -3.41. The van der Waals surface area contributed by atoms with Crippen LogP contribution in [0.15, 0.2) is 28.7 Å². The number of carbonyl (C=O) groups is 1. The maximum Gasteiger partial charge on any atom is 0.239 e. The van der Waals surface area contributed by atoms with Gasteiger partial charge in [-0.25, -0.2) is 8.42 Å². The molecule has 3 N–H and O–H groups in total. The van der Waals surface area contributed by atoms with Gasteiger partial charge >= 0.3 is 0 Å². The third-order valence-electron chi connectivity index (χ3n) is 2.34. The van der Waals surface area contributed by atoms with Gasteiger partial charge in [-0.1, -0.05) is 22.0 Å². The molecule has 0 aliphatic carbocycles. The summed E-state index contributed by atoms with van der Waals surface area (Å²) in [5.74, 6) is -1.13. The molecule has 5 nitrogen and oxygen atoms in total. The zero-order valence-electron chi connectivity index (χ0n) is 10.6. The molecule has 0 aliphatic rings. The number of carbonyl (C=O) groups excluding carboxylic acids is 1. The minimum absolute atomic E-state index is 0.0728. The van der Waals surface area contributed by atoms with E-state index in [0.29, 0.717) is 12.1 Å². The summed E-state index contributed by atoms with van der Waals surface area (Å²) in [6.07, 6.45) is 0.354. The Morgan fingerprint density at radius 1 is 1.47 bits per heavy atom. The average Bonchev–Trinajstić information content (AvgIpc) is 2.25. The minimum Gasteiger partial charge on any atom is -0.328 e. The number of amides is 1. The second kappa shape index (κ2) is 7.02. The number of sulfone groups is 1. The molecular formula is C12H17BrN2O3S. The molecule has 0 saturated carbocycles. The standard InChI is InChI=1S/C12H17BrN2O3S/c1-9(14)5-6-19(17,18)8-12(16)15-11-4-2-3-10(13)7-11/h2-4,7,9H,5-6,8,14H2,1H3,(H,15,16). The Morgan fingerprint density at radius 2 is 2.16 bits per heavy atom. The zero-order chi connectivity index (χ0) is 14.5. The maximum absolute atomic E-state index is 11.7. The van der Waals surface area contributed by atoms with Crippen LogP contribution in [0.3, 0.4) is 0 Å². The highest BCUT2D eigenvalue weighted by atomic mass is 79.9. The molecule has 1 aromatic carbocycles. The van der Waals surface area contributed by atoms with Crippen LogP contribution in [-0.4, -0.2) is 31.9 Å². The second-order valence-corrected chi connectivity index (χ2v) is 7.52. The van der Waals surface area contributed by atoms with Gasteiger partial charge < -0.3 is 11.1 Å². The third-order valence-corrected chi connectivity index (χ3v) is 4.40. The van der Waals surface area contributed by atoms with Crippen LogP contribution >= 0.6 is 15.9 Å². The number of nitrogens with two attached hydrogens (primary N) is 1. The van der Waals surface area contributed by atoms with Crippen LogP contribution in [0.2, 0.25) is 0 Å². The van der Waals surface area contributed by atoms with Crippen molar-refractivity contribution in [1.29, 1.82) is 0 Å². The predicted octanol–water partition coefficient (Wildman–Crippen LogP) is 1.54. The first-order valence-corrected chi connectivity index (χ1v) is 8.41. The number of rotatable bonds is 6. The summed E-state index contributed by atoms with van der Waals surface area (Å²) in [7, 11) is -3.41. The Labute approximate surface area is 121 Å². The molecule has 0 aromatic heterocycles. The monoisotopic (exact) mass is 348 g/mol. The Kier molecular flexibility index (Phi) is 5.96. The maximum atomic E-state index is 11.7. The van der Waals surface area contributed by atoms with Crippen molar-refractivity contribution >= 4 is 37.4 Å². The van der Waals surface area contributed by atoms with E-state index >= 15 is 0 Å². The Hall–Kier alpha value is -0.920. The van der Waals surface area contributed by atoms with E-state index in [2.05, 4.69) is 21.2 Å². The SMILES string of the molecule is CC(N)CCS(=O)(=O)CC(=O)Nc1cccc(Br)c1. The summed E-state index contributed by atoms with van der Waals surface area (Å²) in [6.45, 7) is 1.73. The molecule has 0 aliphatic heterocycles. The topological polar surface area (TPSA) is 89.3 Å². The highest BCUT2D eigenvalue weighted by Gasteiger charge is 2.17. The van der Waals surface area contributed by atoms with Crippen LogP contribution in [0.4, 0.5) is 5.69 Å². The molecule has 0 heterocycles. The van der Waals surface area contributed by atoms with E-state index < -0.39 is 21.5 Å². The van der Waals surface area contributed by atoms with Gasteiger partial charge in [-0.2, -0.15) is 0 Å². The summed E-state index contributed by atoms with van der Waals surface area (Å²) in [5, 5.41) is 2.55. The number of nitrogens with one attached hydrogen (secondary N) is 1. The van der Waals surface area contributed by atoms with Crippen molar-refractivity contribution in [1.82, 2.24) is 0 Å². The van der Waals surface area contributed by atoms with Crippen LogP contribution in [0.5, 0.6) is 0 Å². The highest BCUT2D eigenvalue weighted by molar-refractivity contribution is 9.10. The van der Waals surface area contributed by atoms with Crippen LogP contribution in [0.1, 0.15) is 13.3 Å². The van der Waals surface area contributed by atoms with E-state index in [1.54, 1.807) is 25.1 Å². The molecule has 1 unspecified atom stereocenters. The van der Waals surface area contributed by atoms with E-state index in [9.17, 15) is 13.2 Å². The summed E-state index contributed by atoms with van der Waals surface area (Å²) in [4.78, 5) is 11.6. The molecule has 0 fully saturated rings. The first kappa shape index (κ1) is 16.1. The van der Waals surface area contributed by atoms with Crippen LogP contribution in [-0.2, 0) is 14.6 Å².